The first-order chi connectivity index (χ1) is 14.8. The van der Waals surface area contributed by atoms with Gasteiger partial charge in [0.15, 0.2) is 0 Å². The Morgan fingerprint density at radius 2 is 1.94 bits per heavy atom. The Kier molecular flexibility index (Phi) is 7.44. The zero-order chi connectivity index (χ0) is 22.4. The van der Waals surface area contributed by atoms with Crippen molar-refractivity contribution in [1.29, 1.82) is 0 Å². The van der Waals surface area contributed by atoms with Gasteiger partial charge in [0.1, 0.15) is 0 Å². The van der Waals surface area contributed by atoms with E-state index in [-0.39, 0.29) is 11.5 Å². The number of allylic oxidation sites excluding steroid dienone is 1. The van der Waals surface area contributed by atoms with Crippen LogP contribution in [0, 0.1) is 5.41 Å². The van der Waals surface area contributed by atoms with Crippen LogP contribution >= 0.6 is 0 Å². The predicted molar refractivity (Wildman–Crippen MR) is 126 cm³/mol. The lowest BCUT2D eigenvalue weighted by molar-refractivity contribution is -0.124. The van der Waals surface area contributed by atoms with Crippen LogP contribution in [0.5, 0.6) is 0 Å². The molecule has 0 aliphatic heterocycles. The van der Waals surface area contributed by atoms with Crippen molar-refractivity contribution in [3.05, 3.63) is 57.4 Å². The first-order valence-electron chi connectivity index (χ1n) is 11.1. The van der Waals surface area contributed by atoms with Crippen LogP contribution in [-0.4, -0.2) is 29.2 Å². The third-order valence-corrected chi connectivity index (χ3v) is 5.89. The lowest BCUT2D eigenvalue weighted by Gasteiger charge is -2.24. The summed E-state index contributed by atoms with van der Waals surface area (Å²) in [6.45, 7) is 9.68. The molecule has 0 saturated heterocycles. The molecule has 1 aliphatic rings. The fraction of sp³-hybridized carbons (Fsp3) is 0.480. The number of anilines is 1. The van der Waals surface area contributed by atoms with Crippen LogP contribution in [0.25, 0.3) is 11.3 Å². The van der Waals surface area contributed by atoms with Gasteiger partial charge in [0.2, 0.25) is 5.91 Å². The van der Waals surface area contributed by atoms with E-state index < -0.39 is 5.41 Å². The Morgan fingerprint density at radius 3 is 2.68 bits per heavy atom. The van der Waals surface area contributed by atoms with Crippen LogP contribution in [0.1, 0.15) is 58.1 Å². The first-order valence-corrected chi connectivity index (χ1v) is 11.1. The van der Waals surface area contributed by atoms with Crippen molar-refractivity contribution >= 4 is 11.6 Å². The SMILES string of the molecule is CC(C)=CCNCCC(C)(C)C(=O)Nc1cccc(-c2n[nH]c(=O)c3c2CCCC3)c1. The molecular formula is C25H34N4O2. The molecule has 6 heteroatoms. The highest BCUT2D eigenvalue weighted by Crippen LogP contribution is 2.30. The van der Waals surface area contributed by atoms with E-state index in [1.165, 1.54) is 5.57 Å². The van der Waals surface area contributed by atoms with Crippen molar-refractivity contribution in [2.24, 2.45) is 5.41 Å². The normalized spacial score (nSPS) is 13.4. The van der Waals surface area contributed by atoms with Crippen molar-refractivity contribution in [2.45, 2.75) is 59.8 Å². The molecule has 0 radical (unpaired) electrons. The Labute approximate surface area is 184 Å². The summed E-state index contributed by atoms with van der Waals surface area (Å²) >= 11 is 0. The molecule has 3 rings (SSSR count). The lowest BCUT2D eigenvalue weighted by Crippen LogP contribution is -2.34. The van der Waals surface area contributed by atoms with Crippen LogP contribution < -0.4 is 16.2 Å². The summed E-state index contributed by atoms with van der Waals surface area (Å²) in [5.74, 6) is -0.00915. The standard InChI is InChI=1S/C25H34N4O2/c1-17(2)12-14-26-15-13-25(3,4)24(31)27-19-9-7-8-18(16-19)22-20-10-5-6-11-21(20)23(30)29-28-22/h7-9,12,16,26H,5-6,10-11,13-15H2,1-4H3,(H,27,31)(H,29,30). The molecule has 0 bridgehead atoms. The number of carbonyl (C=O) groups excluding carboxylic acids is 1. The van der Waals surface area contributed by atoms with Gasteiger partial charge < -0.3 is 10.6 Å². The maximum absolute atomic E-state index is 12.9. The molecule has 0 atom stereocenters. The van der Waals surface area contributed by atoms with E-state index in [2.05, 4.69) is 40.8 Å². The number of H-pyrrole nitrogens is 1. The average Bonchev–Trinajstić information content (AvgIpc) is 2.74. The second-order valence-electron chi connectivity index (χ2n) is 9.22. The molecule has 1 aliphatic carbocycles. The molecule has 3 N–H and O–H groups in total. The van der Waals surface area contributed by atoms with E-state index in [0.717, 1.165) is 73.3 Å². The largest absolute Gasteiger partial charge is 0.326 e. The molecule has 1 amide bonds. The third kappa shape index (κ3) is 5.91. The zero-order valence-corrected chi connectivity index (χ0v) is 19.1. The maximum Gasteiger partial charge on any atom is 0.267 e. The van der Waals surface area contributed by atoms with E-state index in [0.29, 0.717) is 0 Å². The number of hydrogen-bond acceptors (Lipinski definition) is 4. The van der Waals surface area contributed by atoms with Gasteiger partial charge in [-0.3, -0.25) is 9.59 Å². The molecule has 0 unspecified atom stereocenters. The van der Waals surface area contributed by atoms with Gasteiger partial charge in [0.25, 0.3) is 5.56 Å². The highest BCUT2D eigenvalue weighted by Gasteiger charge is 2.27. The van der Waals surface area contributed by atoms with Crippen LogP contribution in [0.4, 0.5) is 5.69 Å². The van der Waals surface area contributed by atoms with Crippen molar-refractivity contribution in [2.75, 3.05) is 18.4 Å². The Balaban J connectivity index is 1.70. The molecule has 31 heavy (non-hydrogen) atoms. The fourth-order valence-corrected chi connectivity index (χ4v) is 3.83. The molecule has 1 aromatic heterocycles. The van der Waals surface area contributed by atoms with Crippen LogP contribution in [-0.2, 0) is 17.6 Å². The minimum Gasteiger partial charge on any atom is -0.326 e. The molecular weight excluding hydrogens is 388 g/mol. The number of fused-ring (bicyclic) bond motifs is 1. The van der Waals surface area contributed by atoms with Gasteiger partial charge in [-0.1, -0.05) is 37.6 Å². The monoisotopic (exact) mass is 422 g/mol. The minimum atomic E-state index is -0.497. The molecule has 0 spiro atoms. The molecule has 1 heterocycles. The van der Waals surface area contributed by atoms with Crippen molar-refractivity contribution in [1.82, 2.24) is 15.5 Å². The van der Waals surface area contributed by atoms with Gasteiger partial charge in [-0.15, -0.1) is 0 Å². The minimum absolute atomic E-state index is 0.00915. The van der Waals surface area contributed by atoms with E-state index in [4.69, 9.17) is 0 Å². The number of aromatic amines is 1. The Bertz CT molecular complexity index is 1020. The second-order valence-corrected chi connectivity index (χ2v) is 9.22. The molecule has 2 aromatic rings. The van der Waals surface area contributed by atoms with Crippen LogP contribution in [0.15, 0.2) is 40.7 Å². The predicted octanol–water partition coefficient (Wildman–Crippen LogP) is 4.23. The maximum atomic E-state index is 12.9. The summed E-state index contributed by atoms with van der Waals surface area (Å²) < 4.78 is 0. The number of aromatic nitrogens is 2. The summed E-state index contributed by atoms with van der Waals surface area (Å²) in [5, 5.41) is 13.4. The highest BCUT2D eigenvalue weighted by molar-refractivity contribution is 5.95. The second kappa shape index (κ2) is 10.1. The van der Waals surface area contributed by atoms with E-state index >= 15 is 0 Å². The van der Waals surface area contributed by atoms with E-state index in [1.54, 1.807) is 0 Å². The highest BCUT2D eigenvalue weighted by atomic mass is 16.2. The molecule has 0 fully saturated rings. The van der Waals surface area contributed by atoms with E-state index in [9.17, 15) is 9.59 Å². The number of benzene rings is 1. The van der Waals surface area contributed by atoms with Gasteiger partial charge in [-0.05, 0) is 70.2 Å². The molecule has 166 valence electrons. The van der Waals surface area contributed by atoms with Crippen molar-refractivity contribution in [3.63, 3.8) is 0 Å². The van der Waals surface area contributed by atoms with Crippen molar-refractivity contribution in [3.8, 4) is 11.3 Å². The Hall–Kier alpha value is -2.73. The van der Waals surface area contributed by atoms with Gasteiger partial charge in [0, 0.05) is 28.8 Å². The topological polar surface area (TPSA) is 86.9 Å². The van der Waals surface area contributed by atoms with Gasteiger partial charge in [-0.25, -0.2) is 5.10 Å². The summed E-state index contributed by atoms with van der Waals surface area (Å²) in [7, 11) is 0. The number of nitrogens with one attached hydrogen (secondary N) is 3. The van der Waals surface area contributed by atoms with E-state index in [1.807, 2.05) is 38.1 Å². The van der Waals surface area contributed by atoms with Gasteiger partial charge in [-0.2, -0.15) is 5.10 Å². The number of amides is 1. The number of rotatable bonds is 8. The Morgan fingerprint density at radius 1 is 1.19 bits per heavy atom. The van der Waals surface area contributed by atoms with Gasteiger partial charge in [0.05, 0.1) is 5.69 Å². The number of hydrogen-bond donors (Lipinski definition) is 3. The number of carbonyl (C=O) groups is 1. The summed E-state index contributed by atoms with van der Waals surface area (Å²) in [4.78, 5) is 25.1. The smallest absolute Gasteiger partial charge is 0.267 e. The number of nitrogens with zero attached hydrogens (tertiary/aromatic N) is 1. The summed E-state index contributed by atoms with van der Waals surface area (Å²) in [6.07, 6.45) is 6.65. The van der Waals surface area contributed by atoms with Gasteiger partial charge >= 0.3 is 0 Å². The quantitative estimate of drug-likeness (QED) is 0.439. The fourth-order valence-electron chi connectivity index (χ4n) is 3.83. The van der Waals surface area contributed by atoms with Crippen molar-refractivity contribution < 1.29 is 4.79 Å². The third-order valence-electron chi connectivity index (χ3n) is 5.89. The molecule has 6 nitrogen and oxygen atoms in total. The van der Waals surface area contributed by atoms with Crippen LogP contribution in [0.3, 0.4) is 0 Å². The average molecular weight is 423 g/mol. The first kappa shape index (κ1) is 22.9. The summed E-state index contributed by atoms with van der Waals surface area (Å²) in [5.41, 5.74) is 5.06. The zero-order valence-electron chi connectivity index (χ0n) is 19.1. The molecule has 0 saturated carbocycles. The lowest BCUT2D eigenvalue weighted by atomic mass is 9.88. The summed E-state index contributed by atoms with van der Waals surface area (Å²) in [6, 6.07) is 7.73. The molecule has 1 aromatic carbocycles. The van der Waals surface area contributed by atoms with Crippen LogP contribution in [0.2, 0.25) is 0 Å².